The summed E-state index contributed by atoms with van der Waals surface area (Å²) in [5.74, 6) is 0.312. The van der Waals surface area contributed by atoms with Crippen molar-refractivity contribution in [2.75, 3.05) is 24.5 Å². The molecule has 0 spiro atoms. The van der Waals surface area contributed by atoms with Crippen molar-refractivity contribution in [1.29, 1.82) is 0 Å². The average molecular weight is 236 g/mol. The summed E-state index contributed by atoms with van der Waals surface area (Å²) in [4.78, 5) is 2.30. The third-order valence-electron chi connectivity index (χ3n) is 3.21. The summed E-state index contributed by atoms with van der Waals surface area (Å²) in [6.07, 6.45) is 1.07. The molecular weight excluding hydrogens is 212 g/mol. The second-order valence-corrected chi connectivity index (χ2v) is 5.21. The highest BCUT2D eigenvalue weighted by Crippen LogP contribution is 2.22. The summed E-state index contributed by atoms with van der Waals surface area (Å²) in [7, 11) is 0. The highest BCUT2D eigenvalue weighted by Gasteiger charge is 2.16. The largest absolute Gasteiger partial charge is 0.508 e. The zero-order valence-electron chi connectivity index (χ0n) is 11.1. The fourth-order valence-corrected chi connectivity index (χ4v) is 1.67. The van der Waals surface area contributed by atoms with Crippen LogP contribution in [0.5, 0.6) is 5.75 Å². The zero-order chi connectivity index (χ0) is 12.9. The molecule has 1 aromatic rings. The van der Waals surface area contributed by atoms with Crippen molar-refractivity contribution in [1.82, 2.24) is 0 Å². The molecule has 0 heterocycles. The summed E-state index contributed by atoms with van der Waals surface area (Å²) >= 11 is 0. The van der Waals surface area contributed by atoms with E-state index in [1.54, 1.807) is 12.1 Å². The number of benzene rings is 1. The Morgan fingerprint density at radius 2 is 1.82 bits per heavy atom. The lowest BCUT2D eigenvalue weighted by atomic mass is 9.89. The Labute approximate surface area is 104 Å². The minimum atomic E-state index is 0.185. The second kappa shape index (κ2) is 5.92. The second-order valence-electron chi connectivity index (χ2n) is 5.21. The number of hydrogen-bond donors (Lipinski definition) is 2. The van der Waals surface area contributed by atoms with Crippen molar-refractivity contribution in [3.05, 3.63) is 24.3 Å². The van der Waals surface area contributed by atoms with Gasteiger partial charge in [-0.05, 0) is 49.6 Å². The van der Waals surface area contributed by atoms with Crippen molar-refractivity contribution in [2.24, 2.45) is 11.1 Å². The molecule has 0 aliphatic rings. The first kappa shape index (κ1) is 13.8. The number of rotatable bonds is 6. The molecule has 3 heteroatoms. The van der Waals surface area contributed by atoms with Crippen LogP contribution in [0.25, 0.3) is 0 Å². The summed E-state index contributed by atoms with van der Waals surface area (Å²) in [5, 5.41) is 9.27. The molecule has 0 aromatic heterocycles. The van der Waals surface area contributed by atoms with Crippen molar-refractivity contribution in [2.45, 2.75) is 27.2 Å². The van der Waals surface area contributed by atoms with Crippen LogP contribution in [0, 0.1) is 5.41 Å². The number of hydrogen-bond acceptors (Lipinski definition) is 3. The van der Waals surface area contributed by atoms with Gasteiger partial charge in [0.2, 0.25) is 0 Å². The van der Waals surface area contributed by atoms with Gasteiger partial charge in [0, 0.05) is 18.8 Å². The molecule has 0 aliphatic heterocycles. The van der Waals surface area contributed by atoms with E-state index in [1.807, 2.05) is 12.1 Å². The number of anilines is 1. The van der Waals surface area contributed by atoms with E-state index in [-0.39, 0.29) is 5.41 Å². The third kappa shape index (κ3) is 4.27. The van der Waals surface area contributed by atoms with E-state index >= 15 is 0 Å². The van der Waals surface area contributed by atoms with E-state index in [1.165, 1.54) is 0 Å². The van der Waals surface area contributed by atoms with Gasteiger partial charge < -0.3 is 15.7 Å². The predicted octanol–water partition coefficient (Wildman–Crippen LogP) is 2.59. The molecule has 0 unspecified atom stereocenters. The molecule has 17 heavy (non-hydrogen) atoms. The number of phenolic OH excluding ortho intramolecular Hbond substituents is 1. The molecule has 3 nitrogen and oxygen atoms in total. The normalized spacial score (nSPS) is 11.5. The first-order valence-corrected chi connectivity index (χ1v) is 6.22. The van der Waals surface area contributed by atoms with Crippen LogP contribution in [-0.2, 0) is 0 Å². The van der Waals surface area contributed by atoms with Gasteiger partial charge in [0.15, 0.2) is 0 Å². The Morgan fingerprint density at radius 1 is 1.24 bits per heavy atom. The van der Waals surface area contributed by atoms with Gasteiger partial charge in [0.05, 0.1) is 0 Å². The van der Waals surface area contributed by atoms with Crippen LogP contribution in [0.1, 0.15) is 27.2 Å². The number of phenols is 1. The van der Waals surface area contributed by atoms with Gasteiger partial charge in [0.1, 0.15) is 5.75 Å². The van der Waals surface area contributed by atoms with Gasteiger partial charge in [-0.25, -0.2) is 0 Å². The highest BCUT2D eigenvalue weighted by atomic mass is 16.3. The van der Waals surface area contributed by atoms with E-state index in [4.69, 9.17) is 5.73 Å². The minimum Gasteiger partial charge on any atom is -0.508 e. The van der Waals surface area contributed by atoms with Crippen LogP contribution in [0.4, 0.5) is 5.69 Å². The predicted molar refractivity (Wildman–Crippen MR) is 73.4 cm³/mol. The van der Waals surface area contributed by atoms with Crippen LogP contribution in [0.3, 0.4) is 0 Å². The highest BCUT2D eigenvalue weighted by molar-refractivity contribution is 5.48. The van der Waals surface area contributed by atoms with E-state index in [2.05, 4.69) is 25.7 Å². The molecule has 0 saturated carbocycles. The molecular formula is C14H24N2O. The fourth-order valence-electron chi connectivity index (χ4n) is 1.67. The summed E-state index contributed by atoms with van der Waals surface area (Å²) < 4.78 is 0. The van der Waals surface area contributed by atoms with Crippen molar-refractivity contribution < 1.29 is 5.11 Å². The standard InChI is InChI=1S/C14H24N2O/c1-4-16(10-9-14(2,3)11-15)12-5-7-13(17)8-6-12/h5-8,17H,4,9-11,15H2,1-3H3. The van der Waals surface area contributed by atoms with Crippen LogP contribution in [-0.4, -0.2) is 24.7 Å². The first-order chi connectivity index (χ1) is 7.98. The van der Waals surface area contributed by atoms with Crippen LogP contribution < -0.4 is 10.6 Å². The van der Waals surface area contributed by atoms with E-state index < -0.39 is 0 Å². The first-order valence-electron chi connectivity index (χ1n) is 6.22. The third-order valence-corrected chi connectivity index (χ3v) is 3.21. The average Bonchev–Trinajstić information content (AvgIpc) is 2.32. The Morgan fingerprint density at radius 3 is 2.29 bits per heavy atom. The number of nitrogens with two attached hydrogens (primary N) is 1. The van der Waals surface area contributed by atoms with Gasteiger partial charge >= 0.3 is 0 Å². The van der Waals surface area contributed by atoms with Gasteiger partial charge in [-0.2, -0.15) is 0 Å². The molecule has 0 radical (unpaired) electrons. The maximum absolute atomic E-state index is 9.27. The molecule has 1 rings (SSSR count). The smallest absolute Gasteiger partial charge is 0.115 e. The Balaban J connectivity index is 2.63. The van der Waals surface area contributed by atoms with Crippen molar-refractivity contribution in [3.63, 3.8) is 0 Å². The van der Waals surface area contributed by atoms with E-state index in [9.17, 15) is 5.11 Å². The van der Waals surface area contributed by atoms with Crippen molar-refractivity contribution in [3.8, 4) is 5.75 Å². The molecule has 0 bridgehead atoms. The van der Waals surface area contributed by atoms with Gasteiger partial charge in [0.25, 0.3) is 0 Å². The minimum absolute atomic E-state index is 0.185. The zero-order valence-corrected chi connectivity index (χ0v) is 11.1. The maximum atomic E-state index is 9.27. The molecule has 3 N–H and O–H groups in total. The van der Waals surface area contributed by atoms with Crippen molar-refractivity contribution >= 4 is 5.69 Å². The van der Waals surface area contributed by atoms with E-state index in [0.717, 1.165) is 25.2 Å². The molecule has 1 aromatic carbocycles. The SMILES string of the molecule is CCN(CCC(C)(C)CN)c1ccc(O)cc1. The number of nitrogens with zero attached hydrogens (tertiary/aromatic N) is 1. The van der Waals surface area contributed by atoms with E-state index in [0.29, 0.717) is 12.3 Å². The summed E-state index contributed by atoms with van der Waals surface area (Å²) in [5.41, 5.74) is 7.08. The lowest BCUT2D eigenvalue weighted by Gasteiger charge is -2.29. The number of aromatic hydroxyl groups is 1. The monoisotopic (exact) mass is 236 g/mol. The van der Waals surface area contributed by atoms with Crippen LogP contribution in [0.2, 0.25) is 0 Å². The van der Waals surface area contributed by atoms with Gasteiger partial charge in [-0.1, -0.05) is 13.8 Å². The Kier molecular flexibility index (Phi) is 4.82. The summed E-state index contributed by atoms with van der Waals surface area (Å²) in [6, 6.07) is 7.36. The van der Waals surface area contributed by atoms with Gasteiger partial charge in [-0.3, -0.25) is 0 Å². The molecule has 0 fully saturated rings. The topological polar surface area (TPSA) is 49.5 Å². The maximum Gasteiger partial charge on any atom is 0.115 e. The van der Waals surface area contributed by atoms with Crippen LogP contribution >= 0.6 is 0 Å². The molecule has 96 valence electrons. The Hall–Kier alpha value is -1.22. The fraction of sp³-hybridized carbons (Fsp3) is 0.571. The summed E-state index contributed by atoms with van der Waals surface area (Å²) in [6.45, 7) is 9.19. The van der Waals surface area contributed by atoms with Gasteiger partial charge in [-0.15, -0.1) is 0 Å². The lowest BCUT2D eigenvalue weighted by molar-refractivity contribution is 0.349. The molecule has 0 saturated heterocycles. The quantitative estimate of drug-likeness (QED) is 0.798. The molecule has 0 atom stereocenters. The molecule has 0 aliphatic carbocycles. The lowest BCUT2D eigenvalue weighted by Crippen LogP contribution is -2.31. The molecule has 0 amide bonds. The Bertz CT molecular complexity index is 333. The van der Waals surface area contributed by atoms with Crippen LogP contribution in [0.15, 0.2) is 24.3 Å².